The lowest BCUT2D eigenvalue weighted by molar-refractivity contribution is -0.384. The molecule has 0 aliphatic carbocycles. The highest BCUT2D eigenvalue weighted by molar-refractivity contribution is 9.10. The van der Waals surface area contributed by atoms with Gasteiger partial charge in [-0.2, -0.15) is 0 Å². The number of carbonyl (C=O) groups is 2. The maximum absolute atomic E-state index is 13.4. The van der Waals surface area contributed by atoms with Crippen LogP contribution >= 0.6 is 28.1 Å². The number of nitrogens with one attached hydrogen (secondary N) is 1. The van der Waals surface area contributed by atoms with Gasteiger partial charge in [0.15, 0.2) is 16.6 Å². The third kappa shape index (κ3) is 6.32. The summed E-state index contributed by atoms with van der Waals surface area (Å²) in [4.78, 5) is 37.9. The zero-order valence-electron chi connectivity index (χ0n) is 21.1. The van der Waals surface area contributed by atoms with E-state index in [1.54, 1.807) is 36.4 Å². The first-order valence-electron chi connectivity index (χ1n) is 12.0. The van der Waals surface area contributed by atoms with E-state index >= 15 is 0 Å². The van der Waals surface area contributed by atoms with E-state index in [0.717, 1.165) is 17.5 Å². The Hall–Kier alpha value is -4.09. The van der Waals surface area contributed by atoms with E-state index in [9.17, 15) is 19.7 Å². The summed E-state index contributed by atoms with van der Waals surface area (Å²) in [5, 5.41) is 13.5. The number of amides is 2. The molecular weight excluding hydrogens is 586 g/mol. The summed E-state index contributed by atoms with van der Waals surface area (Å²) >= 11 is 8.79. The summed E-state index contributed by atoms with van der Waals surface area (Å²) in [6, 6.07) is 16.8. The lowest BCUT2D eigenvalue weighted by atomic mass is 10.1. The number of non-ortho nitro benzene ring substituents is 1. The van der Waals surface area contributed by atoms with Crippen LogP contribution in [0.4, 0.5) is 11.4 Å². The molecule has 4 rings (SSSR count). The van der Waals surface area contributed by atoms with Crippen molar-refractivity contribution >= 4 is 62.5 Å². The molecule has 3 aromatic rings. The second-order valence-electron chi connectivity index (χ2n) is 8.45. The van der Waals surface area contributed by atoms with Crippen molar-refractivity contribution in [3.05, 3.63) is 97.5 Å². The van der Waals surface area contributed by atoms with Crippen LogP contribution < -0.4 is 19.7 Å². The van der Waals surface area contributed by atoms with Crippen molar-refractivity contribution in [3.8, 4) is 11.5 Å². The maximum Gasteiger partial charge on any atom is 0.270 e. The number of hydrogen-bond acceptors (Lipinski definition) is 7. The molecule has 1 N–H and O–H groups in total. The Morgan fingerprint density at radius 1 is 1.03 bits per heavy atom. The van der Waals surface area contributed by atoms with E-state index in [2.05, 4.69) is 21.2 Å². The zero-order chi connectivity index (χ0) is 28.1. The van der Waals surface area contributed by atoms with Crippen LogP contribution in [0.3, 0.4) is 0 Å². The average molecular weight is 610 g/mol. The molecule has 3 aromatic carbocycles. The fraction of sp³-hybridized carbons (Fsp3) is 0.179. The monoisotopic (exact) mass is 609 g/mol. The molecule has 1 aliphatic rings. The Bertz CT molecular complexity index is 1470. The molecule has 0 bridgehead atoms. The van der Waals surface area contributed by atoms with Crippen molar-refractivity contribution in [2.24, 2.45) is 0 Å². The van der Waals surface area contributed by atoms with Gasteiger partial charge in [0.05, 0.1) is 21.7 Å². The Morgan fingerprint density at radius 3 is 2.31 bits per heavy atom. The Labute approximate surface area is 238 Å². The lowest BCUT2D eigenvalue weighted by Crippen LogP contribution is -2.54. The fourth-order valence-corrected chi connectivity index (χ4v) is 4.74. The molecule has 0 atom stereocenters. The van der Waals surface area contributed by atoms with Crippen molar-refractivity contribution in [2.75, 3.05) is 11.5 Å². The molecule has 0 unspecified atom stereocenters. The molecule has 1 saturated heterocycles. The zero-order valence-corrected chi connectivity index (χ0v) is 23.5. The number of hydrogen-bond donors (Lipinski definition) is 1. The minimum absolute atomic E-state index is 0.00840. The highest BCUT2D eigenvalue weighted by atomic mass is 79.9. The Morgan fingerprint density at radius 2 is 1.69 bits per heavy atom. The van der Waals surface area contributed by atoms with E-state index in [1.807, 2.05) is 26.0 Å². The van der Waals surface area contributed by atoms with E-state index in [4.69, 9.17) is 21.7 Å². The topological polar surface area (TPSA) is 111 Å². The molecule has 0 aromatic heterocycles. The van der Waals surface area contributed by atoms with Crippen molar-refractivity contribution in [1.29, 1.82) is 0 Å². The SMILES string of the molecule is CCOc1cc(/C=C2\C(=O)NC(=S)N(c3ccc(CC)cc3)C2=O)cc(Br)c1OCc1ccc([N+](=O)[O-])cc1. The number of thiocarbonyl (C=S) groups is 1. The van der Waals surface area contributed by atoms with Crippen molar-refractivity contribution in [2.45, 2.75) is 26.9 Å². The number of nitro groups is 1. The summed E-state index contributed by atoms with van der Waals surface area (Å²) in [7, 11) is 0. The number of ether oxygens (including phenoxy) is 2. The van der Waals surface area contributed by atoms with E-state index in [-0.39, 0.29) is 23.0 Å². The van der Waals surface area contributed by atoms with Gasteiger partial charge in [-0.15, -0.1) is 0 Å². The maximum atomic E-state index is 13.4. The van der Waals surface area contributed by atoms with Crippen molar-refractivity contribution in [1.82, 2.24) is 5.32 Å². The second kappa shape index (κ2) is 12.2. The largest absolute Gasteiger partial charge is 0.490 e. The van der Waals surface area contributed by atoms with Crippen LogP contribution in [0.15, 0.2) is 70.7 Å². The summed E-state index contributed by atoms with van der Waals surface area (Å²) in [6.45, 7) is 4.34. The van der Waals surface area contributed by atoms with Crippen molar-refractivity contribution in [3.63, 3.8) is 0 Å². The number of nitrogens with zero attached hydrogens (tertiary/aromatic N) is 2. The van der Waals surface area contributed by atoms with Gasteiger partial charge in [0.2, 0.25) is 0 Å². The quantitative estimate of drug-likeness (QED) is 0.108. The van der Waals surface area contributed by atoms with Gasteiger partial charge in [-0.25, -0.2) is 0 Å². The summed E-state index contributed by atoms with van der Waals surface area (Å²) in [5.41, 5.74) is 2.83. The minimum atomic E-state index is -0.598. The van der Waals surface area contributed by atoms with Gasteiger partial charge in [-0.05, 0) is 101 Å². The van der Waals surface area contributed by atoms with Gasteiger partial charge in [-0.3, -0.25) is 29.9 Å². The standard InChI is InChI=1S/C28H24BrN3O6S/c1-3-17-5-9-20(10-6-17)31-27(34)22(26(33)30-28(31)39)13-19-14-23(29)25(24(15-19)37-4-2)38-16-18-7-11-21(12-8-18)32(35)36/h5-15H,3-4,16H2,1-2H3,(H,30,33,39)/b22-13+. The highest BCUT2D eigenvalue weighted by Crippen LogP contribution is 2.38. The predicted octanol–water partition coefficient (Wildman–Crippen LogP) is 5.73. The molecule has 0 radical (unpaired) electrons. The third-order valence-electron chi connectivity index (χ3n) is 5.88. The number of carbonyl (C=O) groups excluding carboxylic acids is 2. The number of rotatable bonds is 9. The van der Waals surface area contributed by atoms with E-state index < -0.39 is 16.7 Å². The van der Waals surface area contributed by atoms with Crippen LogP contribution in [0, 0.1) is 10.1 Å². The molecule has 0 saturated carbocycles. The van der Waals surface area contributed by atoms with Crippen LogP contribution in [-0.4, -0.2) is 28.5 Å². The third-order valence-corrected chi connectivity index (χ3v) is 6.75. The van der Waals surface area contributed by atoms with Crippen LogP contribution in [0.25, 0.3) is 6.08 Å². The molecule has 2 amide bonds. The highest BCUT2D eigenvalue weighted by Gasteiger charge is 2.34. The molecule has 11 heteroatoms. The summed E-state index contributed by atoms with van der Waals surface area (Å²) < 4.78 is 12.3. The molecule has 0 spiro atoms. The molecule has 1 fully saturated rings. The average Bonchev–Trinajstić information content (AvgIpc) is 2.91. The van der Waals surface area contributed by atoms with Crippen LogP contribution in [-0.2, 0) is 22.6 Å². The first-order valence-corrected chi connectivity index (χ1v) is 13.2. The lowest BCUT2D eigenvalue weighted by Gasteiger charge is -2.29. The Balaban J connectivity index is 1.62. The van der Waals surface area contributed by atoms with Gasteiger partial charge < -0.3 is 9.47 Å². The molecular formula is C28H24BrN3O6S. The van der Waals surface area contributed by atoms with Crippen LogP contribution in [0.1, 0.15) is 30.5 Å². The van der Waals surface area contributed by atoms with Gasteiger partial charge in [0.1, 0.15) is 12.2 Å². The summed E-state index contributed by atoms with van der Waals surface area (Å²) in [6.07, 6.45) is 2.32. The number of aryl methyl sites for hydroxylation is 1. The number of halogens is 1. The van der Waals surface area contributed by atoms with Gasteiger partial charge in [-0.1, -0.05) is 19.1 Å². The minimum Gasteiger partial charge on any atom is -0.490 e. The molecule has 1 heterocycles. The fourth-order valence-electron chi connectivity index (χ4n) is 3.88. The number of nitro benzene ring substituents is 1. The van der Waals surface area contributed by atoms with Crippen molar-refractivity contribution < 1.29 is 24.0 Å². The van der Waals surface area contributed by atoms with Gasteiger partial charge in [0.25, 0.3) is 17.5 Å². The van der Waals surface area contributed by atoms with E-state index in [1.165, 1.54) is 23.1 Å². The Kier molecular flexibility index (Phi) is 8.72. The molecule has 1 aliphatic heterocycles. The first kappa shape index (κ1) is 27.9. The van der Waals surface area contributed by atoms with Gasteiger partial charge >= 0.3 is 0 Å². The number of anilines is 1. The molecule has 9 nitrogen and oxygen atoms in total. The van der Waals surface area contributed by atoms with Gasteiger partial charge in [0, 0.05) is 12.1 Å². The summed E-state index contributed by atoms with van der Waals surface area (Å²) in [5.74, 6) is -0.331. The smallest absolute Gasteiger partial charge is 0.270 e. The molecule has 39 heavy (non-hydrogen) atoms. The van der Waals surface area contributed by atoms with Crippen LogP contribution in [0.5, 0.6) is 11.5 Å². The first-order chi connectivity index (χ1) is 18.7. The second-order valence-corrected chi connectivity index (χ2v) is 9.69. The normalized spacial score (nSPS) is 14.4. The predicted molar refractivity (Wildman–Crippen MR) is 155 cm³/mol. The number of benzene rings is 3. The van der Waals surface area contributed by atoms with E-state index in [0.29, 0.717) is 33.8 Å². The molecule has 200 valence electrons. The van der Waals surface area contributed by atoms with Crippen LogP contribution in [0.2, 0.25) is 0 Å².